The lowest BCUT2D eigenvalue weighted by atomic mass is 9.98. The molecular weight excluding hydrogens is 388 g/mol. The van der Waals surface area contributed by atoms with E-state index in [0.717, 1.165) is 35.1 Å². The van der Waals surface area contributed by atoms with Crippen molar-refractivity contribution in [1.29, 1.82) is 0 Å². The monoisotopic (exact) mass is 413 g/mol. The number of hydrogen-bond acceptors (Lipinski definition) is 1. The van der Waals surface area contributed by atoms with E-state index in [1.54, 1.807) is 6.07 Å². The molecule has 0 radical (unpaired) electrons. The van der Waals surface area contributed by atoms with Crippen LogP contribution in [0.25, 0.3) is 16.3 Å². The molecule has 3 heteroatoms. The molecule has 0 N–H and O–H groups in total. The predicted octanol–water partition coefficient (Wildman–Crippen LogP) is 8.46. The van der Waals surface area contributed by atoms with Crippen molar-refractivity contribution in [2.75, 3.05) is 11.4 Å². The normalized spacial score (nSPS) is 10.8. The number of halogens is 2. The third-order valence-electron chi connectivity index (χ3n) is 5.52. The minimum absolute atomic E-state index is 0.150. The Kier molecular flexibility index (Phi) is 6.73. The van der Waals surface area contributed by atoms with Crippen molar-refractivity contribution < 1.29 is 8.78 Å². The second-order valence-corrected chi connectivity index (χ2v) is 7.58. The maximum atomic E-state index is 13.8. The largest absolute Gasteiger partial charge is 0.341 e. The summed E-state index contributed by atoms with van der Waals surface area (Å²) in [5.41, 5.74) is 2.98. The number of rotatable bonds is 8. The van der Waals surface area contributed by atoms with Gasteiger partial charge in [0.1, 0.15) is 0 Å². The van der Waals surface area contributed by atoms with E-state index in [4.69, 9.17) is 0 Å². The maximum Gasteiger partial charge on any atom is 0.274 e. The zero-order valence-electron chi connectivity index (χ0n) is 17.3. The fraction of sp³-hybridized carbons (Fsp3) is 0.143. The molecule has 0 bridgehead atoms. The molecule has 0 spiro atoms. The summed E-state index contributed by atoms with van der Waals surface area (Å²) in [6.07, 6.45) is 0.278. The maximum absolute atomic E-state index is 13.8. The van der Waals surface area contributed by atoms with Gasteiger partial charge in [0.25, 0.3) is 6.08 Å². The molecule has 0 aromatic heterocycles. The Bertz CT molecular complexity index is 1110. The van der Waals surface area contributed by atoms with Crippen LogP contribution in [0, 0.1) is 0 Å². The third kappa shape index (κ3) is 5.18. The van der Waals surface area contributed by atoms with Gasteiger partial charge >= 0.3 is 0 Å². The van der Waals surface area contributed by atoms with E-state index in [2.05, 4.69) is 29.2 Å². The standard InChI is InChI=1S/C28H25F2N/c29-28(30)27(24-19-18-22-11-7-8-12-23(22)21-24)17-9-10-20-31(25-13-3-1-4-14-25)26-15-5-2-6-16-26/h1-8,11-16,18-19,21H,9-10,17,20H2. The van der Waals surface area contributed by atoms with Crippen molar-refractivity contribution in [3.05, 3.63) is 115 Å². The first-order chi connectivity index (χ1) is 15.2. The summed E-state index contributed by atoms with van der Waals surface area (Å²) < 4.78 is 27.5. The van der Waals surface area contributed by atoms with E-state index >= 15 is 0 Å². The summed E-state index contributed by atoms with van der Waals surface area (Å²) in [6, 6.07) is 33.8. The van der Waals surface area contributed by atoms with Crippen LogP contribution in [0.4, 0.5) is 20.2 Å². The van der Waals surface area contributed by atoms with Crippen LogP contribution in [0.5, 0.6) is 0 Å². The van der Waals surface area contributed by atoms with Gasteiger partial charge in [0, 0.05) is 23.5 Å². The summed E-state index contributed by atoms with van der Waals surface area (Å²) in [5.74, 6) is 0. The number of unbranched alkanes of at least 4 members (excludes halogenated alkanes) is 1. The Balaban J connectivity index is 1.45. The number of benzene rings is 4. The average molecular weight is 414 g/mol. The SMILES string of the molecule is FC(F)=C(CCCCN(c1ccccc1)c1ccccc1)c1ccc2ccccc2c1. The summed E-state index contributed by atoms with van der Waals surface area (Å²) in [7, 11) is 0. The molecule has 4 aromatic carbocycles. The molecule has 0 aliphatic heterocycles. The summed E-state index contributed by atoms with van der Waals surface area (Å²) >= 11 is 0. The van der Waals surface area contributed by atoms with Crippen LogP contribution in [0.15, 0.2) is 109 Å². The van der Waals surface area contributed by atoms with Gasteiger partial charge in [-0.15, -0.1) is 0 Å². The van der Waals surface area contributed by atoms with Crippen LogP contribution in [-0.4, -0.2) is 6.54 Å². The highest BCUT2D eigenvalue weighted by atomic mass is 19.3. The van der Waals surface area contributed by atoms with Gasteiger partial charge in [0.05, 0.1) is 0 Å². The molecule has 31 heavy (non-hydrogen) atoms. The Morgan fingerprint density at radius 2 is 1.19 bits per heavy atom. The van der Waals surface area contributed by atoms with Gasteiger partial charge < -0.3 is 4.90 Å². The molecule has 0 unspecified atom stereocenters. The fourth-order valence-corrected chi connectivity index (χ4v) is 3.92. The van der Waals surface area contributed by atoms with Crippen molar-refractivity contribution in [3.8, 4) is 0 Å². The molecule has 0 amide bonds. The molecule has 0 aliphatic carbocycles. The van der Waals surface area contributed by atoms with Crippen LogP contribution in [-0.2, 0) is 0 Å². The van der Waals surface area contributed by atoms with Crippen molar-refractivity contribution in [1.82, 2.24) is 0 Å². The lowest BCUT2D eigenvalue weighted by molar-refractivity contribution is 0.422. The van der Waals surface area contributed by atoms with E-state index < -0.39 is 6.08 Å². The van der Waals surface area contributed by atoms with Crippen LogP contribution in [0.3, 0.4) is 0 Å². The molecule has 0 saturated carbocycles. The number of anilines is 2. The number of para-hydroxylation sites is 2. The molecule has 4 aromatic rings. The second kappa shape index (κ2) is 10.0. The van der Waals surface area contributed by atoms with Crippen LogP contribution in [0.1, 0.15) is 24.8 Å². The predicted molar refractivity (Wildman–Crippen MR) is 127 cm³/mol. The highest BCUT2D eigenvalue weighted by molar-refractivity contribution is 5.86. The molecule has 0 fully saturated rings. The van der Waals surface area contributed by atoms with Gasteiger partial charge in [0.15, 0.2) is 0 Å². The van der Waals surface area contributed by atoms with E-state index in [0.29, 0.717) is 18.4 Å². The first kappa shape index (κ1) is 20.8. The Morgan fingerprint density at radius 3 is 1.81 bits per heavy atom. The highest BCUT2D eigenvalue weighted by Gasteiger charge is 2.12. The summed E-state index contributed by atoms with van der Waals surface area (Å²) in [5, 5.41) is 2.05. The molecule has 0 heterocycles. The van der Waals surface area contributed by atoms with Crippen LogP contribution < -0.4 is 4.90 Å². The Hall–Kier alpha value is -3.46. The molecule has 1 nitrogen and oxygen atoms in total. The lowest BCUT2D eigenvalue weighted by Crippen LogP contribution is -2.18. The van der Waals surface area contributed by atoms with E-state index in [-0.39, 0.29) is 5.57 Å². The van der Waals surface area contributed by atoms with Gasteiger partial charge in [-0.05, 0) is 65.9 Å². The van der Waals surface area contributed by atoms with Crippen molar-refractivity contribution in [2.24, 2.45) is 0 Å². The Morgan fingerprint density at radius 1 is 0.613 bits per heavy atom. The minimum Gasteiger partial charge on any atom is -0.341 e. The summed E-state index contributed by atoms with van der Waals surface area (Å²) in [4.78, 5) is 2.24. The van der Waals surface area contributed by atoms with E-state index in [1.807, 2.05) is 72.8 Å². The quantitative estimate of drug-likeness (QED) is 0.262. The molecular formula is C28H25F2N. The number of allylic oxidation sites excluding steroid dienone is 1. The molecule has 0 aliphatic rings. The van der Waals surface area contributed by atoms with Crippen molar-refractivity contribution >= 4 is 27.7 Å². The van der Waals surface area contributed by atoms with Gasteiger partial charge in [-0.1, -0.05) is 72.8 Å². The lowest BCUT2D eigenvalue weighted by Gasteiger charge is -2.25. The minimum atomic E-state index is -1.58. The Labute approximate surface area is 182 Å². The molecule has 0 saturated heterocycles. The van der Waals surface area contributed by atoms with Gasteiger partial charge in [-0.3, -0.25) is 0 Å². The first-order valence-corrected chi connectivity index (χ1v) is 10.6. The zero-order chi connectivity index (χ0) is 21.5. The number of fused-ring (bicyclic) bond motifs is 1. The van der Waals surface area contributed by atoms with E-state index in [1.165, 1.54) is 0 Å². The van der Waals surface area contributed by atoms with E-state index in [9.17, 15) is 8.78 Å². The van der Waals surface area contributed by atoms with Gasteiger partial charge in [-0.2, -0.15) is 8.78 Å². The number of nitrogens with zero attached hydrogens (tertiary/aromatic N) is 1. The van der Waals surface area contributed by atoms with Crippen molar-refractivity contribution in [2.45, 2.75) is 19.3 Å². The van der Waals surface area contributed by atoms with Gasteiger partial charge in [0.2, 0.25) is 0 Å². The first-order valence-electron chi connectivity index (χ1n) is 10.6. The topological polar surface area (TPSA) is 3.24 Å². The molecule has 4 rings (SSSR count). The van der Waals surface area contributed by atoms with Crippen LogP contribution >= 0.6 is 0 Å². The third-order valence-corrected chi connectivity index (χ3v) is 5.52. The van der Waals surface area contributed by atoms with Crippen LogP contribution in [0.2, 0.25) is 0 Å². The van der Waals surface area contributed by atoms with Gasteiger partial charge in [-0.25, -0.2) is 0 Å². The summed E-state index contributed by atoms with van der Waals surface area (Å²) in [6.45, 7) is 0.771. The van der Waals surface area contributed by atoms with Crippen molar-refractivity contribution in [3.63, 3.8) is 0 Å². The smallest absolute Gasteiger partial charge is 0.274 e. The molecule has 156 valence electrons. The second-order valence-electron chi connectivity index (χ2n) is 7.58. The highest BCUT2D eigenvalue weighted by Crippen LogP contribution is 2.30. The fourth-order valence-electron chi connectivity index (χ4n) is 3.92. The zero-order valence-corrected chi connectivity index (χ0v) is 17.3. The number of hydrogen-bond donors (Lipinski definition) is 0. The average Bonchev–Trinajstić information content (AvgIpc) is 2.82. The molecule has 0 atom stereocenters.